The molecule has 5 nitrogen and oxygen atoms in total. The zero-order valence-electron chi connectivity index (χ0n) is 11.0. The molecular weight excluding hydrogens is 252 g/mol. The quantitative estimate of drug-likeness (QED) is 0.844. The van der Waals surface area contributed by atoms with Crippen molar-refractivity contribution in [2.24, 2.45) is 0 Å². The van der Waals surface area contributed by atoms with Crippen LogP contribution in [0.4, 0.5) is 0 Å². The molecule has 18 heavy (non-hydrogen) atoms. The lowest BCUT2D eigenvalue weighted by atomic mass is 10.1. The smallest absolute Gasteiger partial charge is 0.266 e. The van der Waals surface area contributed by atoms with Crippen molar-refractivity contribution in [2.75, 3.05) is 6.26 Å². The van der Waals surface area contributed by atoms with Crippen LogP contribution in [0.5, 0.6) is 0 Å². The summed E-state index contributed by atoms with van der Waals surface area (Å²) in [5.41, 5.74) is 2.11. The van der Waals surface area contributed by atoms with Gasteiger partial charge in [-0.15, -0.1) is 4.41 Å². The fourth-order valence-corrected chi connectivity index (χ4v) is 2.74. The maximum atomic E-state index is 11.9. The number of hydrazine groups is 1. The van der Waals surface area contributed by atoms with Gasteiger partial charge in [-0.3, -0.25) is 10.2 Å². The molecule has 0 spiro atoms. The van der Waals surface area contributed by atoms with E-state index in [9.17, 15) is 13.2 Å². The van der Waals surface area contributed by atoms with Crippen molar-refractivity contribution in [2.45, 2.75) is 26.3 Å². The number of carbonyl (C=O) groups is 1. The fraction of sp³-hybridized carbons (Fsp3) is 0.417. The summed E-state index contributed by atoms with van der Waals surface area (Å²) < 4.78 is 24.3. The average molecular weight is 270 g/mol. The zero-order valence-corrected chi connectivity index (χ0v) is 11.8. The van der Waals surface area contributed by atoms with Crippen molar-refractivity contribution in [1.82, 2.24) is 9.84 Å². The molecule has 0 fully saturated rings. The number of amides is 1. The highest BCUT2D eigenvalue weighted by Gasteiger charge is 2.31. The summed E-state index contributed by atoms with van der Waals surface area (Å²) in [6.45, 7) is 5.12. The Kier molecular flexibility index (Phi) is 4.13. The normalized spacial score (nSPS) is 12.5. The molecule has 0 aliphatic carbocycles. The molecule has 1 aromatic carbocycles. The summed E-state index contributed by atoms with van der Waals surface area (Å²) in [6.07, 6.45) is 1.06. The summed E-state index contributed by atoms with van der Waals surface area (Å²) in [5, 5.41) is 0. The number of benzene rings is 1. The molecule has 0 aliphatic heterocycles. The molecule has 0 saturated carbocycles. The van der Waals surface area contributed by atoms with Crippen molar-refractivity contribution in [3.8, 4) is 0 Å². The Balaban J connectivity index is 2.97. The van der Waals surface area contributed by atoms with Crippen molar-refractivity contribution >= 4 is 15.9 Å². The van der Waals surface area contributed by atoms with E-state index in [1.807, 2.05) is 0 Å². The SMILES string of the molecule is CC(C)(C)N(NC(=O)c1ccccc1)S(C)(=O)=O. The number of sulfonamides is 1. The first kappa shape index (κ1) is 14.7. The Morgan fingerprint density at radius 1 is 1.17 bits per heavy atom. The number of hydrogen-bond donors (Lipinski definition) is 1. The highest BCUT2D eigenvalue weighted by atomic mass is 32.2. The van der Waals surface area contributed by atoms with Gasteiger partial charge in [0.25, 0.3) is 5.91 Å². The Morgan fingerprint density at radius 3 is 2.06 bits per heavy atom. The van der Waals surface area contributed by atoms with Gasteiger partial charge in [0.05, 0.1) is 6.26 Å². The van der Waals surface area contributed by atoms with Crippen LogP contribution in [-0.2, 0) is 10.0 Å². The molecule has 0 radical (unpaired) electrons. The second kappa shape index (κ2) is 5.07. The molecule has 1 amide bonds. The van der Waals surface area contributed by atoms with Gasteiger partial charge < -0.3 is 0 Å². The minimum absolute atomic E-state index is 0.412. The molecule has 100 valence electrons. The number of carbonyl (C=O) groups excluding carboxylic acids is 1. The maximum Gasteiger partial charge on any atom is 0.266 e. The molecule has 0 saturated heterocycles. The fourth-order valence-electron chi connectivity index (χ4n) is 1.49. The van der Waals surface area contributed by atoms with E-state index in [4.69, 9.17) is 0 Å². The molecule has 0 atom stereocenters. The Labute approximate surface area is 108 Å². The van der Waals surface area contributed by atoms with Gasteiger partial charge in [0, 0.05) is 11.1 Å². The van der Waals surface area contributed by atoms with E-state index in [0.29, 0.717) is 5.56 Å². The van der Waals surface area contributed by atoms with Crippen molar-refractivity contribution in [3.05, 3.63) is 35.9 Å². The van der Waals surface area contributed by atoms with Crippen LogP contribution in [0.25, 0.3) is 0 Å². The first-order chi connectivity index (χ1) is 8.12. The molecule has 0 bridgehead atoms. The lowest BCUT2D eigenvalue weighted by molar-refractivity contribution is 0.0800. The van der Waals surface area contributed by atoms with Crippen molar-refractivity contribution in [1.29, 1.82) is 0 Å². The minimum atomic E-state index is -3.52. The van der Waals surface area contributed by atoms with E-state index >= 15 is 0 Å². The summed E-state index contributed by atoms with van der Waals surface area (Å²) in [7, 11) is -3.52. The van der Waals surface area contributed by atoms with Gasteiger partial charge in [0.1, 0.15) is 0 Å². The third-order valence-electron chi connectivity index (χ3n) is 2.18. The summed E-state index contributed by atoms with van der Waals surface area (Å²) in [5.74, 6) is -0.448. The van der Waals surface area contributed by atoms with Gasteiger partial charge in [0.2, 0.25) is 10.0 Å². The molecule has 0 aliphatic rings. The lowest BCUT2D eigenvalue weighted by Crippen LogP contribution is -2.55. The van der Waals surface area contributed by atoms with Crippen molar-refractivity contribution in [3.63, 3.8) is 0 Å². The van der Waals surface area contributed by atoms with Gasteiger partial charge in [-0.05, 0) is 32.9 Å². The molecule has 1 N–H and O–H groups in total. The highest BCUT2D eigenvalue weighted by molar-refractivity contribution is 7.88. The van der Waals surface area contributed by atoms with E-state index in [0.717, 1.165) is 10.7 Å². The molecule has 6 heteroatoms. The lowest BCUT2D eigenvalue weighted by Gasteiger charge is -2.33. The van der Waals surface area contributed by atoms with Crippen LogP contribution in [0, 0.1) is 0 Å². The van der Waals surface area contributed by atoms with Crippen molar-refractivity contribution < 1.29 is 13.2 Å². The van der Waals surface area contributed by atoms with E-state index in [1.165, 1.54) is 0 Å². The Morgan fingerprint density at radius 2 is 1.67 bits per heavy atom. The van der Waals surface area contributed by atoms with Gasteiger partial charge in [-0.2, -0.15) is 0 Å². The molecule has 1 aromatic rings. The highest BCUT2D eigenvalue weighted by Crippen LogP contribution is 2.14. The van der Waals surface area contributed by atoms with E-state index in [2.05, 4.69) is 5.43 Å². The van der Waals surface area contributed by atoms with Gasteiger partial charge in [-0.1, -0.05) is 18.2 Å². The maximum absolute atomic E-state index is 11.9. The second-order valence-electron chi connectivity index (χ2n) is 5.01. The predicted molar refractivity (Wildman–Crippen MR) is 70.3 cm³/mol. The van der Waals surface area contributed by atoms with Crippen LogP contribution in [0.15, 0.2) is 30.3 Å². The van der Waals surface area contributed by atoms with Crippen LogP contribution in [0.1, 0.15) is 31.1 Å². The average Bonchev–Trinajstić information content (AvgIpc) is 2.23. The van der Waals surface area contributed by atoms with Gasteiger partial charge in [0.15, 0.2) is 0 Å². The van der Waals surface area contributed by atoms with Crippen LogP contribution < -0.4 is 5.43 Å². The van der Waals surface area contributed by atoms with E-state index in [1.54, 1.807) is 51.1 Å². The van der Waals surface area contributed by atoms with E-state index < -0.39 is 21.5 Å². The molecular formula is C12H18N2O3S. The first-order valence-electron chi connectivity index (χ1n) is 5.49. The number of nitrogens with one attached hydrogen (secondary N) is 1. The number of nitrogens with zero attached hydrogens (tertiary/aromatic N) is 1. The molecule has 0 unspecified atom stereocenters. The standard InChI is InChI=1S/C12H18N2O3S/c1-12(2,3)14(18(4,16)17)13-11(15)10-8-6-5-7-9-10/h5-9H,1-4H3,(H,13,15). The summed E-state index contributed by atoms with van der Waals surface area (Å²) in [6, 6.07) is 8.47. The second-order valence-corrected chi connectivity index (χ2v) is 6.84. The molecule has 0 aromatic heterocycles. The van der Waals surface area contributed by atoms with E-state index in [-0.39, 0.29) is 0 Å². The molecule has 0 heterocycles. The van der Waals surface area contributed by atoms with Gasteiger partial charge >= 0.3 is 0 Å². The van der Waals surface area contributed by atoms with Crippen LogP contribution in [-0.4, -0.2) is 30.5 Å². The largest absolute Gasteiger partial charge is 0.271 e. The third-order valence-corrected chi connectivity index (χ3v) is 3.48. The predicted octanol–water partition coefficient (Wildman–Crippen LogP) is 1.39. The minimum Gasteiger partial charge on any atom is -0.271 e. The first-order valence-corrected chi connectivity index (χ1v) is 7.33. The van der Waals surface area contributed by atoms with Crippen LogP contribution in [0.3, 0.4) is 0 Å². The van der Waals surface area contributed by atoms with Crippen LogP contribution >= 0.6 is 0 Å². The monoisotopic (exact) mass is 270 g/mol. The topological polar surface area (TPSA) is 66.5 Å². The summed E-state index contributed by atoms with van der Waals surface area (Å²) in [4.78, 5) is 11.9. The number of hydrogen-bond acceptors (Lipinski definition) is 3. The summed E-state index contributed by atoms with van der Waals surface area (Å²) >= 11 is 0. The Hall–Kier alpha value is -1.40. The zero-order chi connectivity index (χ0) is 14.0. The van der Waals surface area contributed by atoms with Crippen LogP contribution in [0.2, 0.25) is 0 Å². The Bertz CT molecular complexity index is 518. The molecule has 1 rings (SSSR count). The third kappa shape index (κ3) is 3.82. The van der Waals surface area contributed by atoms with Gasteiger partial charge in [-0.25, -0.2) is 8.42 Å². The number of rotatable bonds is 3.